The number of aryl methyl sites for hydroxylation is 1. The van der Waals surface area contributed by atoms with Crippen LogP contribution in [0, 0.1) is 5.82 Å². The van der Waals surface area contributed by atoms with E-state index in [1.165, 1.54) is 6.07 Å². The standard InChI is InChI=1S/C24H27FN6O2/c1-32-23-4-2-3-22(25)21(23)8-6-19-5-7-20(24-28-26-17-31(19)24)18-15-27-30(16-18)10-9-29-11-13-33-14-12-29/h2-5,7,15-17H,6,8-14H2,1H3. The molecule has 9 heteroatoms. The smallest absolute Gasteiger partial charge is 0.168 e. The largest absolute Gasteiger partial charge is 0.496 e. The van der Waals surface area contributed by atoms with Crippen LogP contribution >= 0.6 is 0 Å². The van der Waals surface area contributed by atoms with Crippen LogP contribution in [0.25, 0.3) is 16.8 Å². The lowest BCUT2D eigenvalue weighted by Gasteiger charge is -2.26. The van der Waals surface area contributed by atoms with Gasteiger partial charge in [0, 0.05) is 48.2 Å². The number of nitrogens with zero attached hydrogens (tertiary/aromatic N) is 6. The number of rotatable bonds is 8. The maximum absolute atomic E-state index is 14.3. The summed E-state index contributed by atoms with van der Waals surface area (Å²) in [6.07, 6.45) is 6.77. The Labute approximate surface area is 191 Å². The predicted octanol–water partition coefficient (Wildman–Crippen LogP) is 2.86. The van der Waals surface area contributed by atoms with Gasteiger partial charge in [-0.05, 0) is 37.1 Å². The average Bonchev–Trinajstić information content (AvgIpc) is 3.53. The van der Waals surface area contributed by atoms with E-state index in [0.717, 1.165) is 61.9 Å². The van der Waals surface area contributed by atoms with Gasteiger partial charge in [-0.2, -0.15) is 5.10 Å². The quantitative estimate of drug-likeness (QED) is 0.411. The molecule has 0 spiro atoms. The molecule has 0 N–H and O–H groups in total. The number of methoxy groups -OCH3 is 1. The fourth-order valence-electron chi connectivity index (χ4n) is 4.31. The van der Waals surface area contributed by atoms with Crippen molar-refractivity contribution in [1.29, 1.82) is 0 Å². The number of morpholine rings is 1. The van der Waals surface area contributed by atoms with E-state index >= 15 is 0 Å². The molecule has 4 heterocycles. The molecular weight excluding hydrogens is 423 g/mol. The van der Waals surface area contributed by atoms with Crippen molar-refractivity contribution < 1.29 is 13.9 Å². The van der Waals surface area contributed by atoms with Crippen molar-refractivity contribution in [2.75, 3.05) is 40.0 Å². The molecule has 1 aliphatic rings. The zero-order valence-corrected chi connectivity index (χ0v) is 18.7. The highest BCUT2D eigenvalue weighted by molar-refractivity contribution is 5.76. The number of pyridine rings is 1. The molecule has 1 saturated heterocycles. The molecule has 1 aliphatic heterocycles. The molecule has 0 saturated carbocycles. The maximum Gasteiger partial charge on any atom is 0.168 e. The Balaban J connectivity index is 1.33. The Bertz CT molecular complexity index is 1230. The van der Waals surface area contributed by atoms with E-state index in [1.807, 2.05) is 33.6 Å². The molecule has 0 bridgehead atoms. The molecule has 0 unspecified atom stereocenters. The number of hydrogen-bond acceptors (Lipinski definition) is 6. The summed E-state index contributed by atoms with van der Waals surface area (Å²) in [6.45, 7) is 5.30. The zero-order valence-electron chi connectivity index (χ0n) is 18.7. The van der Waals surface area contributed by atoms with Crippen LogP contribution in [0.1, 0.15) is 11.3 Å². The molecule has 33 heavy (non-hydrogen) atoms. The summed E-state index contributed by atoms with van der Waals surface area (Å²) < 4.78 is 29.0. The van der Waals surface area contributed by atoms with E-state index in [-0.39, 0.29) is 5.82 Å². The number of hydrogen-bond donors (Lipinski definition) is 0. The average molecular weight is 451 g/mol. The molecule has 0 aliphatic carbocycles. The lowest BCUT2D eigenvalue weighted by Crippen LogP contribution is -2.38. The molecule has 0 radical (unpaired) electrons. The van der Waals surface area contributed by atoms with E-state index < -0.39 is 0 Å². The van der Waals surface area contributed by atoms with Gasteiger partial charge in [0.25, 0.3) is 0 Å². The van der Waals surface area contributed by atoms with Gasteiger partial charge >= 0.3 is 0 Å². The Morgan fingerprint density at radius 2 is 1.97 bits per heavy atom. The molecule has 8 nitrogen and oxygen atoms in total. The van der Waals surface area contributed by atoms with Gasteiger partial charge in [-0.15, -0.1) is 10.2 Å². The van der Waals surface area contributed by atoms with Crippen LogP contribution in [0.2, 0.25) is 0 Å². The molecule has 3 aromatic heterocycles. The first-order valence-electron chi connectivity index (χ1n) is 11.2. The number of aromatic nitrogens is 5. The minimum atomic E-state index is -0.254. The summed E-state index contributed by atoms with van der Waals surface area (Å²) in [4.78, 5) is 2.39. The number of benzene rings is 1. The lowest BCUT2D eigenvalue weighted by atomic mass is 10.0. The van der Waals surface area contributed by atoms with Gasteiger partial charge in [-0.25, -0.2) is 4.39 Å². The third-order valence-corrected chi connectivity index (χ3v) is 6.16. The molecule has 1 aromatic carbocycles. The van der Waals surface area contributed by atoms with E-state index in [0.29, 0.717) is 24.2 Å². The van der Waals surface area contributed by atoms with Gasteiger partial charge in [0.05, 0.1) is 33.1 Å². The third-order valence-electron chi connectivity index (χ3n) is 6.16. The third kappa shape index (κ3) is 4.60. The van der Waals surface area contributed by atoms with Gasteiger partial charge in [0.1, 0.15) is 17.9 Å². The van der Waals surface area contributed by atoms with Crippen LogP contribution in [-0.4, -0.2) is 69.2 Å². The van der Waals surface area contributed by atoms with Crippen LogP contribution in [0.5, 0.6) is 5.75 Å². The summed E-state index contributed by atoms with van der Waals surface area (Å²) in [5.74, 6) is 0.312. The van der Waals surface area contributed by atoms with E-state index in [4.69, 9.17) is 9.47 Å². The summed E-state index contributed by atoms with van der Waals surface area (Å²) in [5.41, 5.74) is 4.31. The monoisotopic (exact) mass is 450 g/mol. The van der Waals surface area contributed by atoms with Crippen LogP contribution in [-0.2, 0) is 24.1 Å². The Kier molecular flexibility index (Phi) is 6.32. The second-order valence-electron chi connectivity index (χ2n) is 8.13. The van der Waals surface area contributed by atoms with Crippen LogP contribution < -0.4 is 4.74 Å². The second kappa shape index (κ2) is 9.68. The Morgan fingerprint density at radius 1 is 1.09 bits per heavy atom. The summed E-state index contributed by atoms with van der Waals surface area (Å²) in [6, 6.07) is 9.00. The highest BCUT2D eigenvalue weighted by Crippen LogP contribution is 2.26. The molecular formula is C24H27FN6O2. The lowest BCUT2D eigenvalue weighted by molar-refractivity contribution is 0.0360. The fourth-order valence-corrected chi connectivity index (χ4v) is 4.31. The second-order valence-corrected chi connectivity index (χ2v) is 8.13. The molecule has 1 fully saturated rings. The van der Waals surface area contributed by atoms with Crippen molar-refractivity contribution in [3.05, 3.63) is 66.1 Å². The number of ether oxygens (including phenoxy) is 2. The number of fused-ring (bicyclic) bond motifs is 1. The Hall–Kier alpha value is -3.30. The first-order chi connectivity index (χ1) is 16.2. The maximum atomic E-state index is 14.3. The summed E-state index contributed by atoms with van der Waals surface area (Å²) in [7, 11) is 1.56. The van der Waals surface area contributed by atoms with E-state index in [9.17, 15) is 4.39 Å². The minimum absolute atomic E-state index is 0.254. The fraction of sp³-hybridized carbons (Fsp3) is 0.375. The zero-order chi connectivity index (χ0) is 22.6. The molecule has 5 rings (SSSR count). The van der Waals surface area contributed by atoms with Crippen LogP contribution in [0.15, 0.2) is 49.1 Å². The number of halogens is 1. The normalized spacial score (nSPS) is 14.7. The van der Waals surface area contributed by atoms with E-state index in [2.05, 4.69) is 20.2 Å². The van der Waals surface area contributed by atoms with Crippen molar-refractivity contribution in [1.82, 2.24) is 29.3 Å². The van der Waals surface area contributed by atoms with Gasteiger partial charge in [0.2, 0.25) is 0 Å². The first kappa shape index (κ1) is 21.5. The predicted molar refractivity (Wildman–Crippen MR) is 122 cm³/mol. The minimum Gasteiger partial charge on any atom is -0.496 e. The highest BCUT2D eigenvalue weighted by atomic mass is 19.1. The van der Waals surface area contributed by atoms with E-state index in [1.54, 1.807) is 25.6 Å². The first-order valence-corrected chi connectivity index (χ1v) is 11.2. The van der Waals surface area contributed by atoms with Crippen LogP contribution in [0.4, 0.5) is 4.39 Å². The van der Waals surface area contributed by atoms with Gasteiger partial charge in [0.15, 0.2) is 5.65 Å². The SMILES string of the molecule is COc1cccc(F)c1CCc1ccc(-c2cnn(CCN3CCOCC3)c2)c2nncn12. The Morgan fingerprint density at radius 3 is 2.82 bits per heavy atom. The van der Waals surface area contributed by atoms with Gasteiger partial charge in [-0.1, -0.05) is 6.07 Å². The summed E-state index contributed by atoms with van der Waals surface area (Å²) in [5, 5.41) is 13.0. The topological polar surface area (TPSA) is 69.7 Å². The van der Waals surface area contributed by atoms with Crippen molar-refractivity contribution in [3.8, 4) is 16.9 Å². The van der Waals surface area contributed by atoms with Gasteiger partial charge in [-0.3, -0.25) is 14.0 Å². The van der Waals surface area contributed by atoms with Crippen molar-refractivity contribution in [3.63, 3.8) is 0 Å². The van der Waals surface area contributed by atoms with Crippen molar-refractivity contribution in [2.45, 2.75) is 19.4 Å². The van der Waals surface area contributed by atoms with Gasteiger partial charge < -0.3 is 9.47 Å². The molecule has 0 atom stereocenters. The molecule has 172 valence electrons. The molecule has 4 aromatic rings. The highest BCUT2D eigenvalue weighted by Gasteiger charge is 2.15. The summed E-state index contributed by atoms with van der Waals surface area (Å²) >= 11 is 0. The van der Waals surface area contributed by atoms with Crippen molar-refractivity contribution in [2.24, 2.45) is 0 Å². The van der Waals surface area contributed by atoms with Crippen LogP contribution in [0.3, 0.4) is 0 Å². The van der Waals surface area contributed by atoms with Crippen molar-refractivity contribution >= 4 is 5.65 Å². The molecule has 0 amide bonds.